The number of hydrogen-bond donors (Lipinski definition) is 2. The van der Waals surface area contributed by atoms with E-state index in [0.717, 1.165) is 0 Å². The van der Waals surface area contributed by atoms with Gasteiger partial charge in [0.05, 0.1) is 6.61 Å². The zero-order chi connectivity index (χ0) is 12.7. The van der Waals surface area contributed by atoms with Gasteiger partial charge in [0.2, 0.25) is 0 Å². The number of likely N-dealkylation sites (N-methyl/N-ethyl adjacent to an activating group) is 1. The Hall–Kier alpha value is -0.770. The molecule has 1 saturated carbocycles. The van der Waals surface area contributed by atoms with Gasteiger partial charge in [-0.2, -0.15) is 0 Å². The van der Waals surface area contributed by atoms with E-state index in [0.29, 0.717) is 19.0 Å². The fraction of sp³-hybridized carbons (Fsp3) is 0.923. The summed E-state index contributed by atoms with van der Waals surface area (Å²) in [6.07, 6.45) is 6.38. The smallest absolute Gasteiger partial charge is 0.317 e. The summed E-state index contributed by atoms with van der Waals surface area (Å²) < 4.78 is 0. The molecule has 1 unspecified atom stereocenters. The highest BCUT2D eigenvalue weighted by Gasteiger charge is 2.22. The number of urea groups is 1. The standard InChI is InChI=1S/C13H26N2O2/c1-3-15(9-10-16)13(17)14-11(2)12-7-5-4-6-8-12/h11-12,16H,3-10H2,1-2H3,(H,14,17). The molecule has 0 bridgehead atoms. The molecule has 1 rings (SSSR count). The number of nitrogens with zero attached hydrogens (tertiary/aromatic N) is 1. The van der Waals surface area contributed by atoms with Crippen LogP contribution in [0.4, 0.5) is 4.79 Å². The molecule has 0 aromatic rings. The van der Waals surface area contributed by atoms with Crippen molar-refractivity contribution in [3.63, 3.8) is 0 Å². The summed E-state index contributed by atoms with van der Waals surface area (Å²) in [5, 5.41) is 11.9. The van der Waals surface area contributed by atoms with E-state index in [9.17, 15) is 4.79 Å². The molecule has 4 nitrogen and oxygen atoms in total. The minimum Gasteiger partial charge on any atom is -0.395 e. The minimum atomic E-state index is -0.0420. The van der Waals surface area contributed by atoms with E-state index in [1.807, 2.05) is 6.92 Å². The lowest BCUT2D eigenvalue weighted by atomic mass is 9.84. The second kappa shape index (κ2) is 7.54. The molecule has 2 N–H and O–H groups in total. The van der Waals surface area contributed by atoms with Crippen LogP contribution in [0, 0.1) is 5.92 Å². The van der Waals surface area contributed by atoms with Gasteiger partial charge in [0.25, 0.3) is 0 Å². The van der Waals surface area contributed by atoms with E-state index < -0.39 is 0 Å². The molecular weight excluding hydrogens is 216 g/mol. The number of amides is 2. The maximum atomic E-state index is 11.9. The first kappa shape index (κ1) is 14.3. The average molecular weight is 242 g/mol. The van der Waals surface area contributed by atoms with Crippen LogP contribution in [0.5, 0.6) is 0 Å². The van der Waals surface area contributed by atoms with Crippen molar-refractivity contribution < 1.29 is 9.90 Å². The number of aliphatic hydroxyl groups is 1. The Morgan fingerprint density at radius 3 is 2.59 bits per heavy atom. The normalized spacial score (nSPS) is 18.8. The van der Waals surface area contributed by atoms with Crippen molar-refractivity contribution in [2.45, 2.75) is 52.0 Å². The molecule has 0 radical (unpaired) electrons. The van der Waals surface area contributed by atoms with Crippen LogP contribution < -0.4 is 5.32 Å². The monoisotopic (exact) mass is 242 g/mol. The number of aliphatic hydroxyl groups excluding tert-OH is 1. The number of hydrogen-bond acceptors (Lipinski definition) is 2. The fourth-order valence-electron chi connectivity index (χ4n) is 2.56. The third-order valence-corrected chi connectivity index (χ3v) is 3.75. The maximum absolute atomic E-state index is 11.9. The largest absolute Gasteiger partial charge is 0.395 e. The first-order chi connectivity index (χ1) is 8.19. The molecule has 1 atom stereocenters. The first-order valence-electron chi connectivity index (χ1n) is 6.85. The van der Waals surface area contributed by atoms with Crippen LogP contribution >= 0.6 is 0 Å². The van der Waals surface area contributed by atoms with Crippen molar-refractivity contribution in [3.05, 3.63) is 0 Å². The Balaban J connectivity index is 2.37. The van der Waals surface area contributed by atoms with Gasteiger partial charge in [0.15, 0.2) is 0 Å². The molecule has 1 aliphatic carbocycles. The average Bonchev–Trinajstić information content (AvgIpc) is 2.36. The second-order valence-electron chi connectivity index (χ2n) is 4.94. The summed E-state index contributed by atoms with van der Waals surface area (Å²) >= 11 is 0. The molecule has 0 aromatic carbocycles. The van der Waals surface area contributed by atoms with Crippen LogP contribution in [-0.4, -0.2) is 41.8 Å². The molecule has 0 saturated heterocycles. The number of carbonyl (C=O) groups excluding carboxylic acids is 1. The third-order valence-electron chi connectivity index (χ3n) is 3.75. The Bertz CT molecular complexity index is 227. The molecular formula is C13H26N2O2. The van der Waals surface area contributed by atoms with Crippen LogP contribution in [-0.2, 0) is 0 Å². The molecule has 0 aromatic heterocycles. The van der Waals surface area contributed by atoms with Gasteiger partial charge in [-0.05, 0) is 32.6 Å². The molecule has 2 amide bonds. The van der Waals surface area contributed by atoms with Gasteiger partial charge < -0.3 is 15.3 Å². The SMILES string of the molecule is CCN(CCO)C(=O)NC(C)C1CCCCC1. The van der Waals surface area contributed by atoms with Gasteiger partial charge in [0.1, 0.15) is 0 Å². The van der Waals surface area contributed by atoms with Gasteiger partial charge in [-0.1, -0.05) is 19.3 Å². The Labute approximate surface area is 104 Å². The lowest BCUT2D eigenvalue weighted by molar-refractivity contribution is 0.171. The van der Waals surface area contributed by atoms with E-state index in [1.54, 1.807) is 4.90 Å². The highest BCUT2D eigenvalue weighted by atomic mass is 16.3. The van der Waals surface area contributed by atoms with Gasteiger partial charge in [0, 0.05) is 19.1 Å². The molecule has 4 heteroatoms. The van der Waals surface area contributed by atoms with Crippen LogP contribution in [0.15, 0.2) is 0 Å². The summed E-state index contributed by atoms with van der Waals surface area (Å²) in [7, 11) is 0. The predicted octanol–water partition coefficient (Wildman–Crippen LogP) is 1.98. The van der Waals surface area contributed by atoms with E-state index in [4.69, 9.17) is 5.11 Å². The maximum Gasteiger partial charge on any atom is 0.317 e. The summed E-state index contributed by atoms with van der Waals surface area (Å²) in [6, 6.07) is 0.204. The van der Waals surface area contributed by atoms with E-state index >= 15 is 0 Å². The molecule has 0 heterocycles. The number of carbonyl (C=O) groups is 1. The molecule has 100 valence electrons. The van der Waals surface area contributed by atoms with Gasteiger partial charge in [-0.15, -0.1) is 0 Å². The Morgan fingerprint density at radius 1 is 1.41 bits per heavy atom. The highest BCUT2D eigenvalue weighted by molar-refractivity contribution is 5.74. The molecule has 1 fully saturated rings. The van der Waals surface area contributed by atoms with Crippen LogP contribution in [0.2, 0.25) is 0 Å². The molecule has 17 heavy (non-hydrogen) atoms. The molecule has 1 aliphatic rings. The highest BCUT2D eigenvalue weighted by Crippen LogP contribution is 2.26. The van der Waals surface area contributed by atoms with Crippen LogP contribution in [0.25, 0.3) is 0 Å². The summed E-state index contributed by atoms with van der Waals surface area (Å²) in [5.74, 6) is 0.625. The van der Waals surface area contributed by atoms with E-state index in [1.165, 1.54) is 32.1 Å². The van der Waals surface area contributed by atoms with Crippen molar-refractivity contribution in [1.29, 1.82) is 0 Å². The first-order valence-corrected chi connectivity index (χ1v) is 6.85. The van der Waals surface area contributed by atoms with Crippen LogP contribution in [0.3, 0.4) is 0 Å². The third kappa shape index (κ3) is 4.54. The summed E-state index contributed by atoms with van der Waals surface area (Å²) in [4.78, 5) is 13.6. The summed E-state index contributed by atoms with van der Waals surface area (Å²) in [6.45, 7) is 5.11. The van der Waals surface area contributed by atoms with E-state index in [-0.39, 0.29) is 18.7 Å². The number of rotatable bonds is 5. The van der Waals surface area contributed by atoms with Gasteiger partial charge >= 0.3 is 6.03 Å². The predicted molar refractivity (Wildman–Crippen MR) is 68.9 cm³/mol. The second-order valence-corrected chi connectivity index (χ2v) is 4.94. The zero-order valence-corrected chi connectivity index (χ0v) is 11.1. The topological polar surface area (TPSA) is 52.6 Å². The van der Waals surface area contributed by atoms with Crippen molar-refractivity contribution in [2.24, 2.45) is 5.92 Å². The van der Waals surface area contributed by atoms with Crippen molar-refractivity contribution in [1.82, 2.24) is 10.2 Å². The van der Waals surface area contributed by atoms with Gasteiger partial charge in [-0.25, -0.2) is 4.79 Å². The quantitative estimate of drug-likeness (QED) is 0.774. The molecule has 0 aliphatic heterocycles. The van der Waals surface area contributed by atoms with E-state index in [2.05, 4.69) is 12.2 Å². The zero-order valence-electron chi connectivity index (χ0n) is 11.1. The Morgan fingerprint density at radius 2 is 2.06 bits per heavy atom. The minimum absolute atomic E-state index is 0.0269. The van der Waals surface area contributed by atoms with Crippen molar-refractivity contribution in [2.75, 3.05) is 19.7 Å². The van der Waals surface area contributed by atoms with Crippen molar-refractivity contribution >= 4 is 6.03 Å². The fourth-order valence-corrected chi connectivity index (χ4v) is 2.56. The molecule has 0 spiro atoms. The van der Waals surface area contributed by atoms with Crippen molar-refractivity contribution in [3.8, 4) is 0 Å². The van der Waals surface area contributed by atoms with Crippen LogP contribution in [0.1, 0.15) is 46.0 Å². The van der Waals surface area contributed by atoms with Gasteiger partial charge in [-0.3, -0.25) is 0 Å². The summed E-state index contributed by atoms with van der Waals surface area (Å²) in [5.41, 5.74) is 0. The lowest BCUT2D eigenvalue weighted by Crippen LogP contribution is -2.47. The lowest BCUT2D eigenvalue weighted by Gasteiger charge is -2.30. The number of nitrogens with one attached hydrogen (secondary N) is 1. The Kier molecular flexibility index (Phi) is 6.34.